The van der Waals surface area contributed by atoms with Crippen LogP contribution < -0.4 is 20.2 Å². The van der Waals surface area contributed by atoms with E-state index in [9.17, 15) is 14.7 Å². The number of ether oxygens (including phenoxy) is 2. The van der Waals surface area contributed by atoms with Gasteiger partial charge in [-0.05, 0) is 54.4 Å². The second-order valence-corrected chi connectivity index (χ2v) is 6.14. The monoisotopic (exact) mass is 405 g/mol. The first kappa shape index (κ1) is 21.0. The first-order valence-corrected chi connectivity index (χ1v) is 8.61. The quantitative estimate of drug-likeness (QED) is 0.459. The van der Waals surface area contributed by atoms with Crippen LogP contribution in [0.25, 0.3) is 0 Å². The highest BCUT2D eigenvalue weighted by Gasteiger charge is 2.07. The van der Waals surface area contributed by atoms with E-state index in [1.165, 1.54) is 19.4 Å². The minimum absolute atomic E-state index is 0.00223. The number of halogens is 1. The van der Waals surface area contributed by atoms with Gasteiger partial charge in [0.2, 0.25) is 0 Å². The number of benzene rings is 2. The van der Waals surface area contributed by atoms with E-state index in [0.717, 1.165) is 5.56 Å². The molecule has 0 atom stereocenters. The fourth-order valence-corrected chi connectivity index (χ4v) is 2.37. The van der Waals surface area contributed by atoms with Gasteiger partial charge in [-0.15, -0.1) is 0 Å². The Hall–Kier alpha value is -3.26. The Morgan fingerprint density at radius 2 is 1.96 bits per heavy atom. The SMILES string of the molecule is COc1cc(/C=N\NC(=O)CNC(=O)COc2ccc(Cl)cc2C)ccc1O. The number of hydrogen-bond donors (Lipinski definition) is 3. The van der Waals surface area contributed by atoms with Crippen LogP contribution in [0.2, 0.25) is 5.02 Å². The molecule has 2 aromatic carbocycles. The minimum Gasteiger partial charge on any atom is -0.504 e. The lowest BCUT2D eigenvalue weighted by Crippen LogP contribution is -2.37. The number of nitrogens with one attached hydrogen (secondary N) is 2. The number of rotatable bonds is 8. The first-order chi connectivity index (χ1) is 13.4. The molecule has 148 valence electrons. The summed E-state index contributed by atoms with van der Waals surface area (Å²) in [5, 5.41) is 16.3. The van der Waals surface area contributed by atoms with Gasteiger partial charge >= 0.3 is 0 Å². The maximum Gasteiger partial charge on any atom is 0.259 e. The van der Waals surface area contributed by atoms with Crippen molar-refractivity contribution < 1.29 is 24.2 Å². The zero-order valence-electron chi connectivity index (χ0n) is 15.4. The molecule has 0 bridgehead atoms. The Labute approximate surface area is 167 Å². The summed E-state index contributed by atoms with van der Waals surface area (Å²) in [4.78, 5) is 23.5. The molecule has 28 heavy (non-hydrogen) atoms. The molecule has 0 radical (unpaired) electrons. The topological polar surface area (TPSA) is 109 Å². The van der Waals surface area contributed by atoms with Gasteiger partial charge in [0.15, 0.2) is 18.1 Å². The van der Waals surface area contributed by atoms with E-state index in [1.807, 2.05) is 6.92 Å². The molecule has 0 aromatic heterocycles. The predicted molar refractivity (Wildman–Crippen MR) is 105 cm³/mol. The average molecular weight is 406 g/mol. The van der Waals surface area contributed by atoms with Gasteiger partial charge in [-0.3, -0.25) is 9.59 Å². The van der Waals surface area contributed by atoms with E-state index in [-0.39, 0.29) is 18.9 Å². The predicted octanol–water partition coefficient (Wildman–Crippen LogP) is 2.01. The third-order valence-corrected chi connectivity index (χ3v) is 3.78. The number of phenolic OH excluding ortho intramolecular Hbond substituents is 1. The van der Waals surface area contributed by atoms with Gasteiger partial charge in [-0.1, -0.05) is 11.6 Å². The number of amides is 2. The second kappa shape index (κ2) is 10.2. The Balaban J connectivity index is 1.73. The first-order valence-electron chi connectivity index (χ1n) is 8.23. The number of hydrazone groups is 1. The van der Waals surface area contributed by atoms with E-state index in [2.05, 4.69) is 15.8 Å². The molecular weight excluding hydrogens is 386 g/mol. The van der Waals surface area contributed by atoms with E-state index in [1.54, 1.807) is 30.3 Å². The Morgan fingerprint density at radius 1 is 1.18 bits per heavy atom. The fraction of sp³-hybridized carbons (Fsp3) is 0.211. The summed E-state index contributed by atoms with van der Waals surface area (Å²) < 4.78 is 10.4. The lowest BCUT2D eigenvalue weighted by molar-refractivity contribution is -0.127. The molecule has 0 fully saturated rings. The van der Waals surface area contributed by atoms with Crippen molar-refractivity contribution in [1.82, 2.24) is 10.7 Å². The van der Waals surface area contributed by atoms with Crippen LogP contribution in [0, 0.1) is 6.92 Å². The summed E-state index contributed by atoms with van der Waals surface area (Å²) in [5.41, 5.74) is 3.71. The van der Waals surface area contributed by atoms with Crippen molar-refractivity contribution in [1.29, 1.82) is 0 Å². The van der Waals surface area contributed by atoms with E-state index in [0.29, 0.717) is 22.1 Å². The Kier molecular flexibility index (Phi) is 7.65. The molecule has 0 aliphatic heterocycles. The Bertz CT molecular complexity index is 886. The summed E-state index contributed by atoms with van der Waals surface area (Å²) in [6, 6.07) is 9.67. The van der Waals surface area contributed by atoms with Crippen molar-refractivity contribution in [3.05, 3.63) is 52.5 Å². The van der Waals surface area contributed by atoms with Gasteiger partial charge in [0.25, 0.3) is 11.8 Å². The van der Waals surface area contributed by atoms with Crippen molar-refractivity contribution in [3.8, 4) is 17.2 Å². The standard InChI is InChI=1S/C19H20ClN3O5/c1-12-7-14(20)4-6-16(12)28-11-19(26)21-10-18(25)23-22-9-13-3-5-15(24)17(8-13)27-2/h3-9,24H,10-11H2,1-2H3,(H,21,26)(H,23,25)/b22-9-. The summed E-state index contributed by atoms with van der Waals surface area (Å²) in [6.07, 6.45) is 1.38. The summed E-state index contributed by atoms with van der Waals surface area (Å²) in [5.74, 6) is -0.117. The number of phenols is 1. The molecule has 2 amide bonds. The van der Waals surface area contributed by atoms with Gasteiger partial charge < -0.3 is 19.9 Å². The highest BCUT2D eigenvalue weighted by Crippen LogP contribution is 2.25. The van der Waals surface area contributed by atoms with Gasteiger partial charge in [0.1, 0.15) is 5.75 Å². The molecule has 0 aliphatic carbocycles. The van der Waals surface area contributed by atoms with Crippen molar-refractivity contribution in [3.63, 3.8) is 0 Å². The average Bonchev–Trinajstić information content (AvgIpc) is 2.67. The molecule has 0 heterocycles. The summed E-state index contributed by atoms with van der Waals surface area (Å²) in [7, 11) is 1.43. The van der Waals surface area contributed by atoms with Gasteiger partial charge in [-0.2, -0.15) is 5.10 Å². The third kappa shape index (κ3) is 6.48. The van der Waals surface area contributed by atoms with Crippen LogP contribution in [0.5, 0.6) is 17.2 Å². The smallest absolute Gasteiger partial charge is 0.259 e. The highest BCUT2D eigenvalue weighted by atomic mass is 35.5. The number of aromatic hydroxyl groups is 1. The lowest BCUT2D eigenvalue weighted by Gasteiger charge is -2.09. The van der Waals surface area contributed by atoms with Crippen LogP contribution in [-0.4, -0.2) is 43.4 Å². The molecule has 0 spiro atoms. The van der Waals surface area contributed by atoms with Crippen LogP contribution >= 0.6 is 11.6 Å². The largest absolute Gasteiger partial charge is 0.504 e. The zero-order chi connectivity index (χ0) is 20.5. The van der Waals surface area contributed by atoms with Crippen molar-refractivity contribution >= 4 is 29.6 Å². The van der Waals surface area contributed by atoms with Crippen molar-refractivity contribution in [2.24, 2.45) is 5.10 Å². The van der Waals surface area contributed by atoms with E-state index < -0.39 is 11.8 Å². The lowest BCUT2D eigenvalue weighted by atomic mass is 10.2. The van der Waals surface area contributed by atoms with Crippen LogP contribution in [-0.2, 0) is 9.59 Å². The van der Waals surface area contributed by atoms with Crippen LogP contribution in [0.1, 0.15) is 11.1 Å². The molecule has 2 aromatic rings. The molecule has 0 aliphatic rings. The van der Waals surface area contributed by atoms with Crippen LogP contribution in [0.15, 0.2) is 41.5 Å². The molecule has 0 saturated heterocycles. The fourth-order valence-electron chi connectivity index (χ4n) is 2.14. The molecule has 9 heteroatoms. The third-order valence-electron chi connectivity index (χ3n) is 3.55. The van der Waals surface area contributed by atoms with Crippen molar-refractivity contribution in [2.75, 3.05) is 20.3 Å². The molecule has 0 saturated carbocycles. The van der Waals surface area contributed by atoms with Crippen LogP contribution in [0.4, 0.5) is 0 Å². The van der Waals surface area contributed by atoms with Gasteiger partial charge in [0, 0.05) is 5.02 Å². The second-order valence-electron chi connectivity index (χ2n) is 5.70. The minimum atomic E-state index is -0.502. The maximum absolute atomic E-state index is 11.8. The molecule has 2 rings (SSSR count). The molecule has 0 unspecified atom stereocenters. The number of nitrogens with zero attached hydrogens (tertiary/aromatic N) is 1. The normalized spacial score (nSPS) is 10.5. The molecule has 8 nitrogen and oxygen atoms in total. The number of methoxy groups -OCH3 is 1. The van der Waals surface area contributed by atoms with Crippen molar-refractivity contribution in [2.45, 2.75) is 6.92 Å². The summed E-state index contributed by atoms with van der Waals surface area (Å²) in [6.45, 7) is 1.33. The van der Waals surface area contributed by atoms with E-state index in [4.69, 9.17) is 21.1 Å². The van der Waals surface area contributed by atoms with Gasteiger partial charge in [-0.25, -0.2) is 5.43 Å². The molecular formula is C19H20ClN3O5. The summed E-state index contributed by atoms with van der Waals surface area (Å²) >= 11 is 5.86. The molecule has 3 N–H and O–H groups in total. The highest BCUT2D eigenvalue weighted by molar-refractivity contribution is 6.30. The Morgan fingerprint density at radius 3 is 2.68 bits per heavy atom. The number of carbonyl (C=O) groups excluding carboxylic acids is 2. The van der Waals surface area contributed by atoms with Gasteiger partial charge in [0.05, 0.1) is 19.9 Å². The number of hydrogen-bond acceptors (Lipinski definition) is 6. The zero-order valence-corrected chi connectivity index (χ0v) is 16.1. The number of aryl methyl sites for hydroxylation is 1. The van der Waals surface area contributed by atoms with E-state index >= 15 is 0 Å². The number of carbonyl (C=O) groups is 2. The van der Waals surface area contributed by atoms with Crippen LogP contribution in [0.3, 0.4) is 0 Å². The maximum atomic E-state index is 11.8.